The highest BCUT2D eigenvalue weighted by atomic mass is 32.1. The summed E-state index contributed by atoms with van der Waals surface area (Å²) in [6.45, 7) is 2.62. The molecule has 0 unspecified atom stereocenters. The van der Waals surface area contributed by atoms with Gasteiger partial charge in [-0.2, -0.15) is 0 Å². The molecule has 1 aromatic carbocycles. The van der Waals surface area contributed by atoms with Crippen LogP contribution in [-0.2, 0) is 6.54 Å². The molecule has 0 aliphatic carbocycles. The van der Waals surface area contributed by atoms with Crippen LogP contribution < -0.4 is 14.8 Å². The molecule has 6 nitrogen and oxygen atoms in total. The molecule has 0 saturated carbocycles. The van der Waals surface area contributed by atoms with Gasteiger partial charge in [-0.25, -0.2) is 0 Å². The average Bonchev–Trinajstić information content (AvgIpc) is 3.20. The second kappa shape index (κ2) is 6.70. The molecule has 120 valence electrons. The minimum absolute atomic E-state index is 0.668. The molecule has 3 aromatic rings. The van der Waals surface area contributed by atoms with Gasteiger partial charge in [-0.3, -0.25) is 4.57 Å². The molecule has 0 atom stereocenters. The van der Waals surface area contributed by atoms with Gasteiger partial charge in [0.2, 0.25) is 5.13 Å². The summed E-state index contributed by atoms with van der Waals surface area (Å²) in [5.74, 6) is 1.42. The fourth-order valence-corrected chi connectivity index (χ4v) is 2.97. The number of rotatable bonds is 6. The first-order valence-electron chi connectivity index (χ1n) is 7.14. The standard InChI is InChI=1S/C16H18N4O2S/c1-11-18-19-16(23-11)20-8-4-5-13(20)10-17-12-6-7-14(21-2)15(9-12)22-3/h4-9,17H,10H2,1-3H3. The third-order valence-corrected chi connectivity index (χ3v) is 4.25. The molecule has 23 heavy (non-hydrogen) atoms. The molecule has 0 amide bonds. The lowest BCUT2D eigenvalue weighted by molar-refractivity contribution is 0.355. The molecule has 0 aliphatic heterocycles. The van der Waals surface area contributed by atoms with E-state index in [4.69, 9.17) is 9.47 Å². The van der Waals surface area contributed by atoms with E-state index >= 15 is 0 Å². The number of benzene rings is 1. The third-order valence-electron chi connectivity index (χ3n) is 3.41. The van der Waals surface area contributed by atoms with Crippen molar-refractivity contribution in [3.63, 3.8) is 0 Å². The monoisotopic (exact) mass is 330 g/mol. The Morgan fingerprint density at radius 2 is 1.96 bits per heavy atom. The summed E-state index contributed by atoms with van der Waals surface area (Å²) in [6, 6.07) is 9.83. The maximum atomic E-state index is 5.32. The van der Waals surface area contributed by atoms with E-state index in [0.717, 1.165) is 21.5 Å². The van der Waals surface area contributed by atoms with Gasteiger partial charge in [0.1, 0.15) is 5.01 Å². The number of nitrogens with one attached hydrogen (secondary N) is 1. The van der Waals surface area contributed by atoms with Crippen LogP contribution in [0.15, 0.2) is 36.5 Å². The predicted octanol–water partition coefficient (Wildman–Crippen LogP) is 3.27. The second-order valence-corrected chi connectivity index (χ2v) is 6.06. The van der Waals surface area contributed by atoms with Crippen LogP contribution in [0.1, 0.15) is 10.7 Å². The van der Waals surface area contributed by atoms with E-state index in [1.54, 1.807) is 25.6 Å². The fourth-order valence-electron chi connectivity index (χ4n) is 2.27. The van der Waals surface area contributed by atoms with Crippen LogP contribution in [0.5, 0.6) is 11.5 Å². The van der Waals surface area contributed by atoms with Crippen molar-refractivity contribution in [3.05, 3.63) is 47.2 Å². The van der Waals surface area contributed by atoms with E-state index < -0.39 is 0 Å². The topological polar surface area (TPSA) is 61.2 Å². The number of anilines is 1. The first-order valence-corrected chi connectivity index (χ1v) is 7.95. The van der Waals surface area contributed by atoms with Crippen LogP contribution in [0, 0.1) is 6.92 Å². The predicted molar refractivity (Wildman–Crippen MR) is 90.8 cm³/mol. The van der Waals surface area contributed by atoms with Crippen LogP contribution in [0.25, 0.3) is 5.13 Å². The summed E-state index contributed by atoms with van der Waals surface area (Å²) in [5.41, 5.74) is 2.07. The highest BCUT2D eigenvalue weighted by Crippen LogP contribution is 2.30. The van der Waals surface area contributed by atoms with Crippen molar-refractivity contribution in [1.29, 1.82) is 0 Å². The van der Waals surface area contributed by atoms with Crippen LogP contribution in [0.3, 0.4) is 0 Å². The van der Waals surface area contributed by atoms with E-state index in [1.807, 2.05) is 42.0 Å². The summed E-state index contributed by atoms with van der Waals surface area (Å²) >= 11 is 1.57. The minimum Gasteiger partial charge on any atom is -0.493 e. The zero-order chi connectivity index (χ0) is 16.2. The van der Waals surface area contributed by atoms with Crippen molar-refractivity contribution in [1.82, 2.24) is 14.8 Å². The average molecular weight is 330 g/mol. The van der Waals surface area contributed by atoms with Crippen molar-refractivity contribution in [3.8, 4) is 16.6 Å². The zero-order valence-corrected chi connectivity index (χ0v) is 14.1. The van der Waals surface area contributed by atoms with Gasteiger partial charge in [-0.05, 0) is 31.2 Å². The Hall–Kier alpha value is -2.54. The van der Waals surface area contributed by atoms with Gasteiger partial charge in [0.15, 0.2) is 11.5 Å². The number of ether oxygens (including phenoxy) is 2. The molecule has 1 N–H and O–H groups in total. The van der Waals surface area contributed by atoms with E-state index in [-0.39, 0.29) is 0 Å². The third kappa shape index (κ3) is 3.29. The highest BCUT2D eigenvalue weighted by Gasteiger charge is 2.09. The summed E-state index contributed by atoms with van der Waals surface area (Å²) in [7, 11) is 3.26. The van der Waals surface area contributed by atoms with Crippen molar-refractivity contribution >= 4 is 17.0 Å². The molecular weight excluding hydrogens is 312 g/mol. The summed E-state index contributed by atoms with van der Waals surface area (Å²) < 4.78 is 12.6. The normalized spacial score (nSPS) is 10.6. The fraction of sp³-hybridized carbons (Fsp3) is 0.250. The molecule has 2 heterocycles. The van der Waals surface area contributed by atoms with Gasteiger partial charge < -0.3 is 14.8 Å². The largest absolute Gasteiger partial charge is 0.493 e. The first-order chi connectivity index (χ1) is 11.2. The van der Waals surface area contributed by atoms with Gasteiger partial charge in [0.05, 0.1) is 20.8 Å². The zero-order valence-electron chi connectivity index (χ0n) is 13.2. The molecule has 3 rings (SSSR count). The number of aromatic nitrogens is 3. The van der Waals surface area contributed by atoms with E-state index in [0.29, 0.717) is 18.0 Å². The quantitative estimate of drug-likeness (QED) is 0.751. The molecule has 7 heteroatoms. The molecule has 0 spiro atoms. The van der Waals surface area contributed by atoms with Crippen molar-refractivity contribution in [2.45, 2.75) is 13.5 Å². The van der Waals surface area contributed by atoms with Gasteiger partial charge in [-0.1, -0.05) is 11.3 Å². The molecular formula is C16H18N4O2S. The maximum absolute atomic E-state index is 5.32. The minimum atomic E-state index is 0.668. The molecule has 0 bridgehead atoms. The van der Waals surface area contributed by atoms with Crippen LogP contribution in [0.4, 0.5) is 5.69 Å². The Morgan fingerprint density at radius 1 is 1.13 bits per heavy atom. The Bertz CT molecular complexity index is 797. The van der Waals surface area contributed by atoms with Crippen LogP contribution in [-0.4, -0.2) is 29.0 Å². The van der Waals surface area contributed by atoms with Crippen LogP contribution in [0.2, 0.25) is 0 Å². The van der Waals surface area contributed by atoms with E-state index in [9.17, 15) is 0 Å². The number of hydrogen-bond donors (Lipinski definition) is 1. The summed E-state index contributed by atoms with van der Waals surface area (Å²) in [6.07, 6.45) is 1.99. The van der Waals surface area contributed by atoms with Crippen LogP contribution >= 0.6 is 11.3 Å². The Balaban J connectivity index is 1.76. The second-order valence-electron chi connectivity index (χ2n) is 4.90. The first kappa shape index (κ1) is 15.4. The molecule has 0 aliphatic rings. The lowest BCUT2D eigenvalue weighted by Gasteiger charge is -2.12. The molecule has 0 fully saturated rings. The summed E-state index contributed by atoms with van der Waals surface area (Å²) in [4.78, 5) is 0. The Labute approximate surface area is 138 Å². The van der Waals surface area contributed by atoms with Crippen molar-refractivity contribution in [2.75, 3.05) is 19.5 Å². The SMILES string of the molecule is COc1ccc(NCc2cccn2-c2nnc(C)s2)cc1OC. The highest BCUT2D eigenvalue weighted by molar-refractivity contribution is 7.13. The van der Waals surface area contributed by atoms with Gasteiger partial charge in [0, 0.05) is 23.6 Å². The maximum Gasteiger partial charge on any atom is 0.216 e. The summed E-state index contributed by atoms with van der Waals surface area (Å²) in [5, 5.41) is 13.5. The molecule has 0 radical (unpaired) electrons. The van der Waals surface area contributed by atoms with Gasteiger partial charge in [0.25, 0.3) is 0 Å². The van der Waals surface area contributed by atoms with E-state index in [2.05, 4.69) is 21.6 Å². The number of hydrogen-bond acceptors (Lipinski definition) is 6. The smallest absolute Gasteiger partial charge is 0.216 e. The van der Waals surface area contributed by atoms with E-state index in [1.165, 1.54) is 0 Å². The lowest BCUT2D eigenvalue weighted by Crippen LogP contribution is -2.05. The van der Waals surface area contributed by atoms with Crippen molar-refractivity contribution < 1.29 is 9.47 Å². The van der Waals surface area contributed by atoms with Gasteiger partial charge in [-0.15, -0.1) is 10.2 Å². The van der Waals surface area contributed by atoms with Crippen molar-refractivity contribution in [2.24, 2.45) is 0 Å². The Morgan fingerprint density at radius 3 is 2.65 bits per heavy atom. The van der Waals surface area contributed by atoms with Gasteiger partial charge >= 0.3 is 0 Å². The number of aryl methyl sites for hydroxylation is 1. The number of nitrogens with zero attached hydrogens (tertiary/aromatic N) is 3. The molecule has 0 saturated heterocycles. The number of methoxy groups -OCH3 is 2. The molecule has 2 aromatic heterocycles. The lowest BCUT2D eigenvalue weighted by atomic mass is 10.2. The Kier molecular flexibility index (Phi) is 4.47.